The van der Waals surface area contributed by atoms with Gasteiger partial charge in [0.1, 0.15) is 23.3 Å². The van der Waals surface area contributed by atoms with Crippen molar-refractivity contribution in [3.63, 3.8) is 0 Å². The van der Waals surface area contributed by atoms with Crippen LogP contribution in [0.15, 0.2) is 12.1 Å². The zero-order valence-electron chi connectivity index (χ0n) is 17.5. The van der Waals surface area contributed by atoms with Crippen molar-refractivity contribution in [1.82, 2.24) is 0 Å². The van der Waals surface area contributed by atoms with Gasteiger partial charge in [0.2, 0.25) is 0 Å². The predicted octanol–water partition coefficient (Wildman–Crippen LogP) is 7.74. The van der Waals surface area contributed by atoms with Gasteiger partial charge in [0, 0.05) is 0 Å². The van der Waals surface area contributed by atoms with E-state index in [9.17, 15) is 8.78 Å². The molecule has 3 rings (SSSR count). The second-order valence-corrected chi connectivity index (χ2v) is 9.37. The fraction of sp³-hybridized carbons (Fsp3) is 0.720. The Balaban J connectivity index is 1.51. The van der Waals surface area contributed by atoms with Crippen molar-refractivity contribution in [3.05, 3.63) is 34.9 Å². The first-order chi connectivity index (χ1) is 13.5. The molecule has 1 atom stereocenters. The first-order valence-electron chi connectivity index (χ1n) is 11.4. The molecule has 2 fully saturated rings. The van der Waals surface area contributed by atoms with Gasteiger partial charge < -0.3 is 0 Å². The number of hydrogen-bond acceptors (Lipinski definition) is 1. The Morgan fingerprint density at radius 1 is 0.964 bits per heavy atom. The number of nitrogens with zero attached hydrogens (tertiary/aromatic N) is 1. The van der Waals surface area contributed by atoms with Gasteiger partial charge in [-0.1, -0.05) is 46.0 Å². The van der Waals surface area contributed by atoms with Crippen LogP contribution >= 0.6 is 0 Å². The van der Waals surface area contributed by atoms with E-state index in [4.69, 9.17) is 5.26 Å². The average Bonchev–Trinajstić information content (AvgIpc) is 2.72. The van der Waals surface area contributed by atoms with Gasteiger partial charge in [0.15, 0.2) is 0 Å². The summed E-state index contributed by atoms with van der Waals surface area (Å²) >= 11 is 0. The van der Waals surface area contributed by atoms with Crippen LogP contribution in [0.2, 0.25) is 0 Å². The van der Waals surface area contributed by atoms with Crippen LogP contribution in [-0.2, 0) is 0 Å². The first-order valence-corrected chi connectivity index (χ1v) is 11.4. The highest BCUT2D eigenvalue weighted by molar-refractivity contribution is 5.36. The molecule has 154 valence electrons. The molecule has 2 aliphatic rings. The molecule has 0 spiro atoms. The SMILES string of the molecule is CCCCC1CCC(C(C)[C@H]2CC[C@H](c3cc(F)c(C#N)c(F)c3)CC2)CC1. The number of unbranched alkanes of at least 4 members (excludes halogenated alkanes) is 1. The molecule has 28 heavy (non-hydrogen) atoms. The lowest BCUT2D eigenvalue weighted by molar-refractivity contribution is 0.131. The molecule has 0 aromatic heterocycles. The summed E-state index contributed by atoms with van der Waals surface area (Å²) in [4.78, 5) is 0. The van der Waals surface area contributed by atoms with Crippen molar-refractivity contribution in [1.29, 1.82) is 5.26 Å². The lowest BCUT2D eigenvalue weighted by Gasteiger charge is -2.39. The van der Waals surface area contributed by atoms with Crippen LogP contribution in [0, 0.1) is 46.6 Å². The zero-order valence-corrected chi connectivity index (χ0v) is 17.5. The maximum absolute atomic E-state index is 14.0. The van der Waals surface area contributed by atoms with Crippen LogP contribution in [0.4, 0.5) is 8.78 Å². The van der Waals surface area contributed by atoms with Crippen LogP contribution in [0.3, 0.4) is 0 Å². The molecule has 0 saturated heterocycles. The third kappa shape index (κ3) is 4.94. The van der Waals surface area contributed by atoms with E-state index in [1.807, 2.05) is 0 Å². The van der Waals surface area contributed by atoms with Gasteiger partial charge in [-0.15, -0.1) is 0 Å². The maximum atomic E-state index is 14.0. The number of hydrogen-bond donors (Lipinski definition) is 0. The second-order valence-electron chi connectivity index (χ2n) is 9.37. The molecule has 0 heterocycles. The summed E-state index contributed by atoms with van der Waals surface area (Å²) < 4.78 is 27.9. The van der Waals surface area contributed by atoms with Crippen molar-refractivity contribution in [2.45, 2.75) is 90.4 Å². The normalized spacial score (nSPS) is 29.2. The van der Waals surface area contributed by atoms with E-state index in [1.165, 1.54) is 57.1 Å². The molecule has 0 radical (unpaired) electrons. The zero-order chi connectivity index (χ0) is 20.1. The molecule has 2 aliphatic carbocycles. The van der Waals surface area contributed by atoms with E-state index < -0.39 is 17.2 Å². The topological polar surface area (TPSA) is 23.8 Å². The molecule has 1 unspecified atom stereocenters. The van der Waals surface area contributed by atoms with Crippen LogP contribution in [0.5, 0.6) is 0 Å². The van der Waals surface area contributed by atoms with Crippen LogP contribution in [0.25, 0.3) is 0 Å². The van der Waals surface area contributed by atoms with Crippen LogP contribution in [0.1, 0.15) is 102 Å². The number of halogens is 2. The number of benzene rings is 1. The van der Waals surface area contributed by atoms with Crippen molar-refractivity contribution < 1.29 is 8.78 Å². The molecular formula is C25H35F2N. The Kier molecular flexibility index (Phi) is 7.49. The number of nitriles is 1. The quantitative estimate of drug-likeness (QED) is 0.489. The summed E-state index contributed by atoms with van der Waals surface area (Å²) in [5.41, 5.74) is 0.275. The van der Waals surface area contributed by atoms with Gasteiger partial charge in [-0.05, 0) is 85.8 Å². The predicted molar refractivity (Wildman–Crippen MR) is 110 cm³/mol. The minimum Gasteiger partial charge on any atom is -0.205 e. The highest BCUT2D eigenvalue weighted by atomic mass is 19.1. The largest absolute Gasteiger partial charge is 0.205 e. The molecule has 1 aromatic carbocycles. The van der Waals surface area contributed by atoms with E-state index in [-0.39, 0.29) is 5.92 Å². The molecule has 0 N–H and O–H groups in total. The van der Waals surface area contributed by atoms with E-state index in [1.54, 1.807) is 6.07 Å². The van der Waals surface area contributed by atoms with Crippen LogP contribution < -0.4 is 0 Å². The molecule has 0 aliphatic heterocycles. The molecule has 0 bridgehead atoms. The van der Waals surface area contributed by atoms with Gasteiger partial charge in [-0.2, -0.15) is 5.26 Å². The van der Waals surface area contributed by atoms with E-state index in [2.05, 4.69) is 13.8 Å². The molecule has 2 saturated carbocycles. The summed E-state index contributed by atoms with van der Waals surface area (Å²) in [6.45, 7) is 4.73. The highest BCUT2D eigenvalue weighted by Crippen LogP contribution is 2.45. The molecule has 3 heteroatoms. The van der Waals surface area contributed by atoms with Gasteiger partial charge in [0.25, 0.3) is 0 Å². The third-order valence-electron chi connectivity index (χ3n) is 7.76. The summed E-state index contributed by atoms with van der Waals surface area (Å²) in [6, 6.07) is 4.38. The fourth-order valence-electron chi connectivity index (χ4n) is 5.79. The lowest BCUT2D eigenvalue weighted by Crippen LogP contribution is -2.28. The van der Waals surface area contributed by atoms with Gasteiger partial charge >= 0.3 is 0 Å². The van der Waals surface area contributed by atoms with Crippen LogP contribution in [-0.4, -0.2) is 0 Å². The van der Waals surface area contributed by atoms with Gasteiger partial charge in [-0.3, -0.25) is 0 Å². The Hall–Kier alpha value is -1.43. The summed E-state index contributed by atoms with van der Waals surface area (Å²) in [6.07, 6.45) is 14.0. The molecule has 1 aromatic rings. The Morgan fingerprint density at radius 3 is 2.00 bits per heavy atom. The van der Waals surface area contributed by atoms with Crippen molar-refractivity contribution in [2.24, 2.45) is 23.7 Å². The number of rotatable bonds is 6. The first kappa shape index (κ1) is 21.3. The molecule has 1 nitrogen and oxygen atoms in total. The lowest BCUT2D eigenvalue weighted by atomic mass is 9.66. The van der Waals surface area contributed by atoms with E-state index in [0.29, 0.717) is 0 Å². The fourth-order valence-corrected chi connectivity index (χ4v) is 5.79. The van der Waals surface area contributed by atoms with Crippen molar-refractivity contribution >= 4 is 0 Å². The van der Waals surface area contributed by atoms with Gasteiger partial charge in [-0.25, -0.2) is 8.78 Å². The average molecular weight is 388 g/mol. The van der Waals surface area contributed by atoms with Crippen molar-refractivity contribution in [3.8, 4) is 6.07 Å². The van der Waals surface area contributed by atoms with Crippen molar-refractivity contribution in [2.75, 3.05) is 0 Å². The van der Waals surface area contributed by atoms with E-state index >= 15 is 0 Å². The molecular weight excluding hydrogens is 352 g/mol. The maximum Gasteiger partial charge on any atom is 0.144 e. The standard InChI is InChI=1S/C25H35F2N/c1-3-4-5-18-6-8-19(9-7-18)17(2)20-10-12-21(13-11-20)22-14-24(26)23(16-28)25(27)15-22/h14-15,17-21H,3-13H2,1-2H3/t17?,18?,19?,20-,21-. The summed E-state index contributed by atoms with van der Waals surface area (Å²) in [5, 5.41) is 8.85. The minimum atomic E-state index is -0.715. The highest BCUT2D eigenvalue weighted by Gasteiger charge is 2.32. The Bertz CT molecular complexity index is 653. The summed E-state index contributed by atoms with van der Waals surface area (Å²) in [7, 11) is 0. The Labute approximate surface area is 169 Å². The Morgan fingerprint density at radius 2 is 1.50 bits per heavy atom. The smallest absolute Gasteiger partial charge is 0.144 e. The minimum absolute atomic E-state index is 0.227. The third-order valence-corrected chi connectivity index (χ3v) is 7.76. The summed E-state index contributed by atoms with van der Waals surface area (Å²) in [5.74, 6) is 2.14. The molecule has 0 amide bonds. The monoisotopic (exact) mass is 387 g/mol. The second kappa shape index (κ2) is 9.86. The van der Waals surface area contributed by atoms with Gasteiger partial charge in [0.05, 0.1) is 0 Å². The van der Waals surface area contributed by atoms with E-state index in [0.717, 1.165) is 54.9 Å².